The number of halogens is 2. The van der Waals surface area contributed by atoms with E-state index in [1.54, 1.807) is 18.3 Å². The predicted molar refractivity (Wildman–Crippen MR) is 124 cm³/mol. The molecule has 0 spiro atoms. The Morgan fingerprint density at radius 3 is 2.65 bits per heavy atom. The van der Waals surface area contributed by atoms with Crippen LogP contribution in [-0.4, -0.2) is 42.3 Å². The van der Waals surface area contributed by atoms with E-state index in [9.17, 15) is 22.0 Å². The second-order valence-corrected chi connectivity index (χ2v) is 11.6. The van der Waals surface area contributed by atoms with Gasteiger partial charge in [0.1, 0.15) is 5.82 Å². The zero-order chi connectivity index (χ0) is 24.8. The van der Waals surface area contributed by atoms with Gasteiger partial charge in [-0.1, -0.05) is 0 Å². The van der Waals surface area contributed by atoms with Gasteiger partial charge in [-0.2, -0.15) is 5.10 Å². The largest absolute Gasteiger partial charge is 0.493 e. The van der Waals surface area contributed by atoms with E-state index in [4.69, 9.17) is 4.74 Å². The number of nitrogens with one attached hydrogen (secondary N) is 1. The third-order valence-corrected chi connectivity index (χ3v) is 8.03. The van der Waals surface area contributed by atoms with Gasteiger partial charge in [-0.3, -0.25) is 4.79 Å². The molecule has 0 bridgehead atoms. The third kappa shape index (κ3) is 4.20. The summed E-state index contributed by atoms with van der Waals surface area (Å²) in [4.78, 5) is 14.8. The maximum Gasteiger partial charge on any atom is 0.268 e. The van der Waals surface area contributed by atoms with Gasteiger partial charge in [-0.25, -0.2) is 26.4 Å². The van der Waals surface area contributed by atoms with Gasteiger partial charge >= 0.3 is 0 Å². The molecule has 182 valence electrons. The number of fused-ring (bicyclic) bond motifs is 1. The molecule has 2 aromatic heterocycles. The Kier molecular flexibility index (Phi) is 6.01. The van der Waals surface area contributed by atoms with Crippen LogP contribution < -0.4 is 14.4 Å². The Morgan fingerprint density at radius 1 is 1.24 bits per heavy atom. The fourth-order valence-corrected chi connectivity index (χ4v) is 4.76. The summed E-state index contributed by atoms with van der Waals surface area (Å²) in [5, 5.41) is 4.15. The number of rotatable bonds is 5. The molecule has 0 radical (unpaired) electrons. The highest BCUT2D eigenvalue weighted by atomic mass is 32.2. The molecule has 1 aromatic carbocycles. The lowest BCUT2D eigenvalue weighted by atomic mass is 10.0. The first kappa shape index (κ1) is 23.9. The van der Waals surface area contributed by atoms with Crippen LogP contribution in [0, 0.1) is 11.6 Å². The lowest BCUT2D eigenvalue weighted by Crippen LogP contribution is -2.42. The van der Waals surface area contributed by atoms with Gasteiger partial charge in [-0.05, 0) is 51.8 Å². The minimum atomic E-state index is -3.91. The van der Waals surface area contributed by atoms with E-state index < -0.39 is 32.3 Å². The number of ether oxygens (including phenoxy) is 1. The third-order valence-electron chi connectivity index (χ3n) is 5.97. The molecule has 34 heavy (non-hydrogen) atoms. The lowest BCUT2D eigenvalue weighted by Gasteiger charge is -2.28. The molecule has 1 N–H and O–H groups in total. The van der Waals surface area contributed by atoms with Gasteiger partial charge in [0.15, 0.2) is 11.6 Å². The second kappa shape index (κ2) is 8.53. The molecule has 0 saturated carbocycles. The highest BCUT2D eigenvalue weighted by Crippen LogP contribution is 2.41. The summed E-state index contributed by atoms with van der Waals surface area (Å²) >= 11 is 0. The first-order valence-electron chi connectivity index (χ1n) is 10.8. The molecule has 8 nitrogen and oxygen atoms in total. The van der Waals surface area contributed by atoms with Crippen LogP contribution in [0.15, 0.2) is 36.7 Å². The number of pyridine rings is 1. The standard InChI is InChI=1S/C23H26F2N4O4S/c1-23(2,3)34(31,32)27-22(30)17-13-26-29-9-7-15(12-20(17)29)28-8-5-6-19(28)16-10-14(24)11-18(25)21(16)33-4/h7,9-13,19H,5-6,8H2,1-4H3,(H,27,30). The van der Waals surface area contributed by atoms with Crippen molar-refractivity contribution in [1.29, 1.82) is 0 Å². The van der Waals surface area contributed by atoms with Gasteiger partial charge in [-0.15, -0.1) is 0 Å². The van der Waals surface area contributed by atoms with Gasteiger partial charge in [0, 0.05) is 30.1 Å². The summed E-state index contributed by atoms with van der Waals surface area (Å²) < 4.78 is 60.9. The fourth-order valence-electron chi connectivity index (χ4n) is 4.10. The van der Waals surface area contributed by atoms with Crippen LogP contribution in [0.2, 0.25) is 0 Å². The summed E-state index contributed by atoms with van der Waals surface area (Å²) in [5.74, 6) is -2.25. The number of carbonyl (C=O) groups excluding carboxylic acids is 1. The Hall–Kier alpha value is -3.21. The number of anilines is 1. The topological polar surface area (TPSA) is 93.0 Å². The Labute approximate surface area is 196 Å². The zero-order valence-electron chi connectivity index (χ0n) is 19.3. The summed E-state index contributed by atoms with van der Waals surface area (Å²) in [6, 6.07) is 5.22. The Bertz CT molecular complexity index is 1370. The van der Waals surface area contributed by atoms with E-state index in [-0.39, 0.29) is 17.4 Å². The summed E-state index contributed by atoms with van der Waals surface area (Å²) in [5.41, 5.74) is 1.61. The quantitative estimate of drug-likeness (QED) is 0.582. The number of sulfonamides is 1. The molecule has 11 heteroatoms. The van der Waals surface area contributed by atoms with Gasteiger partial charge < -0.3 is 9.64 Å². The number of hydrogen-bond donors (Lipinski definition) is 1. The van der Waals surface area contributed by atoms with E-state index >= 15 is 0 Å². The van der Waals surface area contributed by atoms with Gasteiger partial charge in [0.2, 0.25) is 10.0 Å². The molecule has 0 aliphatic carbocycles. The minimum absolute atomic E-state index is 0.00353. The van der Waals surface area contributed by atoms with Crippen molar-refractivity contribution in [3.8, 4) is 5.75 Å². The lowest BCUT2D eigenvalue weighted by molar-refractivity contribution is 0.0982. The van der Waals surface area contributed by atoms with Crippen molar-refractivity contribution in [3.63, 3.8) is 0 Å². The normalized spacial score (nSPS) is 16.8. The predicted octanol–water partition coefficient (Wildman–Crippen LogP) is 3.82. The number of benzene rings is 1. The molecule has 1 aliphatic rings. The van der Waals surface area contributed by atoms with Gasteiger partial charge in [0.05, 0.1) is 35.2 Å². The molecule has 1 amide bonds. The number of aromatic nitrogens is 2. The Balaban J connectivity index is 1.72. The van der Waals surface area contributed by atoms with Crippen LogP contribution in [0.1, 0.15) is 55.6 Å². The Morgan fingerprint density at radius 2 is 1.97 bits per heavy atom. The molecule has 4 rings (SSSR count). The van der Waals surface area contributed by atoms with Crippen molar-refractivity contribution in [1.82, 2.24) is 14.3 Å². The zero-order valence-corrected chi connectivity index (χ0v) is 20.1. The van der Waals surface area contributed by atoms with Crippen molar-refractivity contribution in [2.24, 2.45) is 0 Å². The molecular weight excluding hydrogens is 466 g/mol. The van der Waals surface area contributed by atoms with Crippen molar-refractivity contribution in [2.75, 3.05) is 18.6 Å². The molecule has 1 atom stereocenters. The monoisotopic (exact) mass is 492 g/mol. The van der Waals surface area contributed by atoms with Gasteiger partial charge in [0.25, 0.3) is 5.91 Å². The van der Waals surface area contributed by atoms with Crippen molar-refractivity contribution in [3.05, 3.63) is 59.4 Å². The van der Waals surface area contributed by atoms with Crippen LogP contribution in [0.5, 0.6) is 5.75 Å². The highest BCUT2D eigenvalue weighted by molar-refractivity contribution is 7.91. The number of nitrogens with zero attached hydrogens (tertiary/aromatic N) is 3. The van der Waals surface area contributed by atoms with Crippen LogP contribution in [0.25, 0.3) is 5.52 Å². The van der Waals surface area contributed by atoms with Crippen LogP contribution in [0.3, 0.4) is 0 Å². The summed E-state index contributed by atoms with van der Waals surface area (Å²) in [6.07, 6.45) is 4.39. The van der Waals surface area contributed by atoms with Crippen molar-refractivity contribution >= 4 is 27.1 Å². The first-order chi connectivity index (χ1) is 15.9. The first-order valence-corrected chi connectivity index (χ1v) is 12.2. The van der Waals surface area contributed by atoms with E-state index in [1.165, 1.54) is 44.7 Å². The number of carbonyl (C=O) groups is 1. The van der Waals surface area contributed by atoms with Crippen molar-refractivity contribution in [2.45, 2.75) is 44.4 Å². The number of hydrogen-bond acceptors (Lipinski definition) is 6. The molecule has 3 heterocycles. The molecule has 1 fully saturated rings. The van der Waals surface area contributed by atoms with E-state index in [0.717, 1.165) is 12.5 Å². The van der Waals surface area contributed by atoms with E-state index in [1.807, 2.05) is 4.90 Å². The fraction of sp³-hybridized carbons (Fsp3) is 0.391. The summed E-state index contributed by atoms with van der Waals surface area (Å²) in [7, 11) is -2.57. The molecule has 1 aliphatic heterocycles. The SMILES string of the molecule is COc1c(F)cc(F)cc1C1CCCN1c1ccn2ncc(C(=O)NS(=O)(=O)C(C)(C)C)c2c1. The average molecular weight is 493 g/mol. The number of methoxy groups -OCH3 is 1. The molecular formula is C23H26F2N4O4S. The van der Waals surface area contributed by atoms with Crippen LogP contribution in [0.4, 0.5) is 14.5 Å². The number of amides is 1. The highest BCUT2D eigenvalue weighted by Gasteiger charge is 2.33. The van der Waals surface area contributed by atoms with Crippen LogP contribution >= 0.6 is 0 Å². The minimum Gasteiger partial charge on any atom is -0.493 e. The smallest absolute Gasteiger partial charge is 0.268 e. The maximum atomic E-state index is 14.3. The maximum absolute atomic E-state index is 14.3. The van der Waals surface area contributed by atoms with E-state index in [2.05, 4.69) is 9.82 Å². The second-order valence-electron chi connectivity index (χ2n) is 9.18. The molecule has 3 aromatic rings. The summed E-state index contributed by atoms with van der Waals surface area (Å²) in [6.45, 7) is 5.10. The molecule has 1 unspecified atom stereocenters. The van der Waals surface area contributed by atoms with Crippen LogP contribution in [-0.2, 0) is 10.0 Å². The van der Waals surface area contributed by atoms with E-state index in [0.29, 0.717) is 29.7 Å². The average Bonchev–Trinajstić information content (AvgIpc) is 3.38. The molecule has 1 saturated heterocycles. The van der Waals surface area contributed by atoms with Crippen molar-refractivity contribution < 1.29 is 26.7 Å².